The van der Waals surface area contributed by atoms with Gasteiger partial charge in [-0.3, -0.25) is 4.79 Å². The standard InChI is InChI=1S/C15H15ClO2S/c16-13-6-2-1-5-12(13)11-18-9-3-7-14(17)15-8-4-10-19-15/h1-2,4-6,8,10H,3,7,9,11H2. The van der Waals surface area contributed by atoms with E-state index in [1.165, 1.54) is 11.3 Å². The van der Waals surface area contributed by atoms with Crippen LogP contribution in [-0.2, 0) is 11.3 Å². The average molecular weight is 295 g/mol. The van der Waals surface area contributed by atoms with Crippen molar-refractivity contribution in [3.8, 4) is 0 Å². The first-order valence-electron chi connectivity index (χ1n) is 6.15. The smallest absolute Gasteiger partial charge is 0.172 e. The van der Waals surface area contributed by atoms with Gasteiger partial charge in [0.2, 0.25) is 0 Å². The molecule has 0 N–H and O–H groups in total. The minimum atomic E-state index is 0.191. The largest absolute Gasteiger partial charge is 0.377 e. The first-order valence-corrected chi connectivity index (χ1v) is 7.41. The number of halogens is 1. The van der Waals surface area contributed by atoms with Gasteiger partial charge < -0.3 is 4.74 Å². The predicted octanol–water partition coefficient (Wildman–Crippen LogP) is 4.58. The van der Waals surface area contributed by atoms with Gasteiger partial charge in [-0.05, 0) is 29.5 Å². The summed E-state index contributed by atoms with van der Waals surface area (Å²) in [4.78, 5) is 12.6. The Bertz CT molecular complexity index is 523. The second-order valence-corrected chi connectivity index (χ2v) is 5.50. The highest BCUT2D eigenvalue weighted by molar-refractivity contribution is 7.12. The van der Waals surface area contributed by atoms with E-state index in [1.54, 1.807) is 0 Å². The zero-order valence-corrected chi connectivity index (χ0v) is 12.0. The maximum absolute atomic E-state index is 11.7. The van der Waals surface area contributed by atoms with Crippen LogP contribution >= 0.6 is 22.9 Å². The number of hydrogen-bond donors (Lipinski definition) is 0. The van der Waals surface area contributed by atoms with Crippen molar-refractivity contribution in [3.05, 3.63) is 57.2 Å². The molecule has 2 nitrogen and oxygen atoms in total. The van der Waals surface area contributed by atoms with Gasteiger partial charge in [0.05, 0.1) is 11.5 Å². The van der Waals surface area contributed by atoms with Crippen LogP contribution in [0.4, 0.5) is 0 Å². The molecular weight excluding hydrogens is 280 g/mol. The van der Waals surface area contributed by atoms with Crippen molar-refractivity contribution in [2.45, 2.75) is 19.4 Å². The van der Waals surface area contributed by atoms with E-state index < -0.39 is 0 Å². The van der Waals surface area contributed by atoms with Crippen LogP contribution in [0.25, 0.3) is 0 Å². The summed E-state index contributed by atoms with van der Waals surface area (Å²) in [6.45, 7) is 1.06. The molecule has 0 unspecified atom stereocenters. The first-order chi connectivity index (χ1) is 9.27. The molecule has 1 aromatic heterocycles. The normalized spacial score (nSPS) is 10.6. The van der Waals surface area contributed by atoms with Gasteiger partial charge in [0.1, 0.15) is 0 Å². The van der Waals surface area contributed by atoms with Crippen molar-refractivity contribution in [1.29, 1.82) is 0 Å². The number of ketones is 1. The zero-order chi connectivity index (χ0) is 13.5. The lowest BCUT2D eigenvalue weighted by Crippen LogP contribution is -2.01. The Morgan fingerprint density at radius 2 is 2.05 bits per heavy atom. The number of carbonyl (C=O) groups excluding carboxylic acids is 1. The quantitative estimate of drug-likeness (QED) is 0.552. The molecule has 1 heterocycles. The summed E-state index contributed by atoms with van der Waals surface area (Å²) in [7, 11) is 0. The molecule has 0 saturated heterocycles. The number of hydrogen-bond acceptors (Lipinski definition) is 3. The lowest BCUT2D eigenvalue weighted by molar-refractivity contribution is 0.0922. The summed E-state index contributed by atoms with van der Waals surface area (Å²) in [5.41, 5.74) is 0.980. The molecule has 2 rings (SSSR count). The Morgan fingerprint density at radius 3 is 2.79 bits per heavy atom. The topological polar surface area (TPSA) is 26.3 Å². The van der Waals surface area contributed by atoms with Crippen molar-refractivity contribution < 1.29 is 9.53 Å². The van der Waals surface area contributed by atoms with E-state index in [4.69, 9.17) is 16.3 Å². The zero-order valence-electron chi connectivity index (χ0n) is 10.5. The van der Waals surface area contributed by atoms with E-state index in [1.807, 2.05) is 41.8 Å². The lowest BCUT2D eigenvalue weighted by atomic mass is 10.2. The Labute approximate surface area is 122 Å². The second-order valence-electron chi connectivity index (χ2n) is 4.15. The second kappa shape index (κ2) is 7.43. The van der Waals surface area contributed by atoms with Gasteiger partial charge in [-0.2, -0.15) is 0 Å². The van der Waals surface area contributed by atoms with E-state index in [0.29, 0.717) is 19.6 Å². The van der Waals surface area contributed by atoms with Crippen LogP contribution in [0.15, 0.2) is 41.8 Å². The molecule has 0 aliphatic carbocycles. The van der Waals surface area contributed by atoms with Crippen molar-refractivity contribution in [1.82, 2.24) is 0 Å². The predicted molar refractivity (Wildman–Crippen MR) is 79.0 cm³/mol. The van der Waals surface area contributed by atoms with E-state index in [9.17, 15) is 4.79 Å². The molecule has 19 heavy (non-hydrogen) atoms. The molecule has 0 saturated carbocycles. The van der Waals surface area contributed by atoms with Crippen LogP contribution in [0.1, 0.15) is 28.1 Å². The van der Waals surface area contributed by atoms with Gasteiger partial charge in [0.25, 0.3) is 0 Å². The third-order valence-electron chi connectivity index (χ3n) is 2.70. The number of ether oxygens (including phenoxy) is 1. The van der Waals surface area contributed by atoms with Gasteiger partial charge in [0.15, 0.2) is 5.78 Å². The van der Waals surface area contributed by atoms with Crippen molar-refractivity contribution >= 4 is 28.7 Å². The van der Waals surface area contributed by atoms with E-state index >= 15 is 0 Å². The van der Waals surface area contributed by atoms with Gasteiger partial charge in [-0.15, -0.1) is 11.3 Å². The lowest BCUT2D eigenvalue weighted by Gasteiger charge is -2.05. The Morgan fingerprint density at radius 1 is 1.21 bits per heavy atom. The molecule has 0 fully saturated rings. The number of Topliss-reactive ketones (excluding diaryl/α,β-unsaturated/α-hetero) is 1. The Balaban J connectivity index is 1.65. The molecule has 0 amide bonds. The van der Waals surface area contributed by atoms with Crippen LogP contribution in [0, 0.1) is 0 Å². The summed E-state index contributed by atoms with van der Waals surface area (Å²) in [5, 5.41) is 2.64. The first kappa shape index (κ1) is 14.3. The number of thiophene rings is 1. The highest BCUT2D eigenvalue weighted by Crippen LogP contribution is 2.16. The highest BCUT2D eigenvalue weighted by atomic mass is 35.5. The van der Waals surface area contributed by atoms with Gasteiger partial charge >= 0.3 is 0 Å². The summed E-state index contributed by atoms with van der Waals surface area (Å²) in [6, 6.07) is 11.4. The van der Waals surface area contributed by atoms with Gasteiger partial charge in [0, 0.05) is 18.1 Å². The van der Waals surface area contributed by atoms with Crippen molar-refractivity contribution in [3.63, 3.8) is 0 Å². The minimum Gasteiger partial charge on any atom is -0.377 e. The fraction of sp³-hybridized carbons (Fsp3) is 0.267. The number of rotatable bonds is 7. The highest BCUT2D eigenvalue weighted by Gasteiger charge is 2.06. The SMILES string of the molecule is O=C(CCCOCc1ccccc1Cl)c1cccs1. The molecule has 0 radical (unpaired) electrons. The molecule has 1 aromatic carbocycles. The molecule has 0 spiro atoms. The minimum absolute atomic E-state index is 0.191. The van der Waals surface area contributed by atoms with Crippen LogP contribution in [0.2, 0.25) is 5.02 Å². The van der Waals surface area contributed by atoms with Crippen LogP contribution in [0.5, 0.6) is 0 Å². The third kappa shape index (κ3) is 4.46. The monoisotopic (exact) mass is 294 g/mol. The molecule has 0 atom stereocenters. The average Bonchev–Trinajstić information content (AvgIpc) is 2.94. The van der Waals surface area contributed by atoms with Crippen LogP contribution < -0.4 is 0 Å². The summed E-state index contributed by atoms with van der Waals surface area (Å²) in [6.07, 6.45) is 1.27. The molecule has 0 aliphatic rings. The van der Waals surface area contributed by atoms with E-state index in [0.717, 1.165) is 21.9 Å². The van der Waals surface area contributed by atoms with E-state index in [-0.39, 0.29) is 5.78 Å². The van der Waals surface area contributed by atoms with Gasteiger partial charge in [-0.1, -0.05) is 35.9 Å². The van der Waals surface area contributed by atoms with Crippen LogP contribution in [-0.4, -0.2) is 12.4 Å². The number of benzene rings is 1. The van der Waals surface area contributed by atoms with Crippen molar-refractivity contribution in [2.24, 2.45) is 0 Å². The molecule has 2 aromatic rings. The molecular formula is C15H15ClO2S. The number of carbonyl (C=O) groups is 1. The van der Waals surface area contributed by atoms with Crippen LogP contribution in [0.3, 0.4) is 0 Å². The summed E-state index contributed by atoms with van der Waals surface area (Å²) in [5.74, 6) is 0.191. The Kier molecular flexibility index (Phi) is 5.58. The molecule has 0 aliphatic heterocycles. The summed E-state index contributed by atoms with van der Waals surface area (Å²) < 4.78 is 5.54. The Hall–Kier alpha value is -1.16. The maximum atomic E-state index is 11.7. The molecule has 4 heteroatoms. The third-order valence-corrected chi connectivity index (χ3v) is 3.98. The summed E-state index contributed by atoms with van der Waals surface area (Å²) >= 11 is 7.51. The van der Waals surface area contributed by atoms with Gasteiger partial charge in [-0.25, -0.2) is 0 Å². The molecule has 0 bridgehead atoms. The maximum Gasteiger partial charge on any atom is 0.172 e. The fourth-order valence-electron chi connectivity index (χ4n) is 1.69. The molecule has 100 valence electrons. The van der Waals surface area contributed by atoms with E-state index in [2.05, 4.69) is 0 Å². The van der Waals surface area contributed by atoms with Crippen molar-refractivity contribution in [2.75, 3.05) is 6.61 Å². The fourth-order valence-corrected chi connectivity index (χ4v) is 2.58.